The van der Waals surface area contributed by atoms with Gasteiger partial charge < -0.3 is 16.2 Å². The number of anilines is 2. The van der Waals surface area contributed by atoms with E-state index in [1.165, 1.54) is 0 Å². The predicted octanol–water partition coefficient (Wildman–Crippen LogP) is 3.92. The molecule has 5 heteroatoms. The first-order valence-corrected chi connectivity index (χ1v) is 8.97. The summed E-state index contributed by atoms with van der Waals surface area (Å²) < 4.78 is 0. The summed E-state index contributed by atoms with van der Waals surface area (Å²) in [6, 6.07) is 14.3. The van der Waals surface area contributed by atoms with Crippen LogP contribution in [0.15, 0.2) is 48.5 Å². The minimum absolute atomic E-state index is 0.0150. The van der Waals surface area contributed by atoms with Gasteiger partial charge in [0.1, 0.15) is 0 Å². The van der Waals surface area contributed by atoms with Crippen molar-refractivity contribution in [2.24, 2.45) is 0 Å². The van der Waals surface area contributed by atoms with Gasteiger partial charge in [0.15, 0.2) is 5.78 Å². The molecule has 4 N–H and O–H groups in total. The summed E-state index contributed by atoms with van der Waals surface area (Å²) in [5, 5.41) is 11.8. The van der Waals surface area contributed by atoms with Gasteiger partial charge in [-0.05, 0) is 30.5 Å². The van der Waals surface area contributed by atoms with Crippen molar-refractivity contribution in [1.29, 1.82) is 0 Å². The van der Waals surface area contributed by atoms with Gasteiger partial charge in [-0.1, -0.05) is 49.2 Å². The summed E-state index contributed by atoms with van der Waals surface area (Å²) in [4.78, 5) is 24.0. The molecule has 2 aromatic carbocycles. The van der Waals surface area contributed by atoms with Crippen LogP contribution in [0.4, 0.5) is 11.4 Å². The number of carbonyl (C=O) groups excluding carboxylic acids is 2. The largest absolute Gasteiger partial charge is 0.397 e. The second-order valence-electron chi connectivity index (χ2n) is 6.33. The number of rotatable bonds is 10. The average Bonchev–Trinajstić information content (AvgIpc) is 2.66. The first-order chi connectivity index (χ1) is 12.6. The van der Waals surface area contributed by atoms with Crippen LogP contribution < -0.4 is 11.1 Å². The van der Waals surface area contributed by atoms with Crippen molar-refractivity contribution >= 4 is 23.1 Å². The van der Waals surface area contributed by atoms with Crippen molar-refractivity contribution in [3.8, 4) is 0 Å². The number of nitrogens with two attached hydrogens (primary N) is 1. The highest BCUT2D eigenvalue weighted by atomic mass is 16.3. The van der Waals surface area contributed by atoms with Gasteiger partial charge in [-0.25, -0.2) is 0 Å². The lowest BCUT2D eigenvalue weighted by Gasteiger charge is -2.07. The SMILES string of the molecule is Nc1ccccc1NC(=O)CCCCCCC(=O)c1ccc(CO)cc1. The Morgan fingerprint density at radius 1 is 0.885 bits per heavy atom. The maximum Gasteiger partial charge on any atom is 0.224 e. The van der Waals surface area contributed by atoms with Crippen molar-refractivity contribution in [2.45, 2.75) is 45.1 Å². The quantitative estimate of drug-likeness (QED) is 0.342. The highest BCUT2D eigenvalue weighted by Crippen LogP contribution is 2.17. The first-order valence-electron chi connectivity index (χ1n) is 8.97. The smallest absolute Gasteiger partial charge is 0.224 e. The molecule has 0 saturated carbocycles. The number of ketones is 1. The molecule has 0 aliphatic heterocycles. The fraction of sp³-hybridized carbons (Fsp3) is 0.333. The Bertz CT molecular complexity index is 726. The second kappa shape index (κ2) is 10.4. The van der Waals surface area contributed by atoms with Crippen LogP contribution in [-0.2, 0) is 11.4 Å². The highest BCUT2D eigenvalue weighted by molar-refractivity contribution is 5.96. The summed E-state index contributed by atoms with van der Waals surface area (Å²) in [5.74, 6) is 0.0785. The third-order valence-corrected chi connectivity index (χ3v) is 4.25. The van der Waals surface area contributed by atoms with Crippen molar-refractivity contribution in [3.05, 3.63) is 59.7 Å². The van der Waals surface area contributed by atoms with E-state index < -0.39 is 0 Å². The Morgan fingerprint density at radius 2 is 1.54 bits per heavy atom. The zero-order chi connectivity index (χ0) is 18.8. The molecule has 0 aliphatic carbocycles. The number of carbonyl (C=O) groups is 2. The molecule has 0 fully saturated rings. The van der Waals surface area contributed by atoms with Crippen molar-refractivity contribution in [2.75, 3.05) is 11.1 Å². The Labute approximate surface area is 154 Å². The standard InChI is InChI=1S/C21H26N2O3/c22-18-7-5-6-8-19(18)23-21(26)10-4-2-1-3-9-20(25)17-13-11-16(15-24)12-14-17/h5-8,11-14,24H,1-4,9-10,15,22H2,(H,23,26). The van der Waals surface area contributed by atoms with E-state index in [9.17, 15) is 9.59 Å². The minimum Gasteiger partial charge on any atom is -0.397 e. The molecule has 0 aromatic heterocycles. The zero-order valence-electron chi connectivity index (χ0n) is 14.9. The third kappa shape index (κ3) is 6.33. The lowest BCUT2D eigenvalue weighted by Crippen LogP contribution is -2.12. The Morgan fingerprint density at radius 3 is 2.19 bits per heavy atom. The molecule has 0 saturated heterocycles. The lowest BCUT2D eigenvalue weighted by molar-refractivity contribution is -0.116. The number of para-hydroxylation sites is 2. The van der Waals surface area contributed by atoms with Crippen LogP contribution >= 0.6 is 0 Å². The van der Waals surface area contributed by atoms with Gasteiger partial charge in [0.2, 0.25) is 5.91 Å². The fourth-order valence-electron chi connectivity index (χ4n) is 2.69. The van der Waals surface area contributed by atoms with Crippen molar-refractivity contribution in [3.63, 3.8) is 0 Å². The molecule has 1 amide bonds. The highest BCUT2D eigenvalue weighted by Gasteiger charge is 2.07. The second-order valence-corrected chi connectivity index (χ2v) is 6.33. The van der Waals surface area contributed by atoms with E-state index in [1.807, 2.05) is 12.1 Å². The molecular formula is C21H26N2O3. The van der Waals surface area contributed by atoms with Gasteiger partial charge in [0.05, 0.1) is 18.0 Å². The summed E-state index contributed by atoms with van der Waals surface area (Å²) in [6.45, 7) is -0.0150. The summed E-state index contributed by atoms with van der Waals surface area (Å²) in [6.07, 6.45) is 4.39. The van der Waals surface area contributed by atoms with Crippen molar-refractivity contribution in [1.82, 2.24) is 0 Å². The first kappa shape index (κ1) is 19.7. The van der Waals surface area contributed by atoms with E-state index in [0.29, 0.717) is 29.8 Å². The van der Waals surface area contributed by atoms with E-state index in [4.69, 9.17) is 10.8 Å². The molecule has 0 unspecified atom stereocenters. The van der Waals surface area contributed by atoms with E-state index in [0.717, 1.165) is 31.2 Å². The molecule has 2 rings (SSSR count). The van der Waals surface area contributed by atoms with Crippen LogP contribution in [0.25, 0.3) is 0 Å². The molecule has 0 aliphatic rings. The topological polar surface area (TPSA) is 92.4 Å². The van der Waals surface area contributed by atoms with Gasteiger partial charge in [-0.3, -0.25) is 9.59 Å². The summed E-state index contributed by atoms with van der Waals surface area (Å²) >= 11 is 0. The van der Waals surface area contributed by atoms with E-state index >= 15 is 0 Å². The fourth-order valence-corrected chi connectivity index (χ4v) is 2.69. The normalized spacial score (nSPS) is 10.5. The van der Waals surface area contributed by atoms with E-state index in [2.05, 4.69) is 5.32 Å². The number of hydrogen-bond donors (Lipinski definition) is 3. The number of amides is 1. The maximum atomic E-state index is 12.1. The monoisotopic (exact) mass is 354 g/mol. The van der Waals surface area contributed by atoms with E-state index in [-0.39, 0.29) is 18.3 Å². The third-order valence-electron chi connectivity index (χ3n) is 4.25. The van der Waals surface area contributed by atoms with Crippen LogP contribution in [0.5, 0.6) is 0 Å². The number of aliphatic hydroxyl groups excluding tert-OH is 1. The molecule has 0 heterocycles. The summed E-state index contributed by atoms with van der Waals surface area (Å²) in [7, 11) is 0. The van der Waals surface area contributed by atoms with Crippen LogP contribution in [0, 0.1) is 0 Å². The van der Waals surface area contributed by atoms with Gasteiger partial charge in [0.25, 0.3) is 0 Å². The lowest BCUT2D eigenvalue weighted by atomic mass is 10.0. The predicted molar refractivity (Wildman–Crippen MR) is 104 cm³/mol. The molecular weight excluding hydrogens is 328 g/mol. The van der Waals surface area contributed by atoms with Crippen LogP contribution in [-0.4, -0.2) is 16.8 Å². The minimum atomic E-state index is -0.0389. The number of unbranched alkanes of at least 4 members (excludes halogenated alkanes) is 3. The molecule has 0 radical (unpaired) electrons. The average molecular weight is 354 g/mol. The number of hydrogen-bond acceptors (Lipinski definition) is 4. The van der Waals surface area contributed by atoms with Gasteiger partial charge >= 0.3 is 0 Å². The van der Waals surface area contributed by atoms with Gasteiger partial charge in [-0.15, -0.1) is 0 Å². The molecule has 0 atom stereocenters. The number of nitrogens with one attached hydrogen (secondary N) is 1. The number of benzene rings is 2. The van der Waals surface area contributed by atoms with E-state index in [1.54, 1.807) is 36.4 Å². The molecule has 26 heavy (non-hydrogen) atoms. The molecule has 5 nitrogen and oxygen atoms in total. The molecule has 0 spiro atoms. The molecule has 0 bridgehead atoms. The zero-order valence-corrected chi connectivity index (χ0v) is 14.9. The number of nitrogen functional groups attached to an aromatic ring is 1. The van der Waals surface area contributed by atoms with Crippen molar-refractivity contribution < 1.29 is 14.7 Å². The van der Waals surface area contributed by atoms with Crippen LogP contribution in [0.1, 0.15) is 54.4 Å². The Balaban J connectivity index is 1.59. The molecule has 138 valence electrons. The maximum absolute atomic E-state index is 12.1. The van der Waals surface area contributed by atoms with Gasteiger partial charge in [-0.2, -0.15) is 0 Å². The van der Waals surface area contributed by atoms with Gasteiger partial charge in [0, 0.05) is 18.4 Å². The van der Waals surface area contributed by atoms with Crippen LogP contribution in [0.2, 0.25) is 0 Å². The Hall–Kier alpha value is -2.66. The summed E-state index contributed by atoms with van der Waals surface area (Å²) in [5.41, 5.74) is 8.49. The Kier molecular flexibility index (Phi) is 7.83. The van der Waals surface area contributed by atoms with Crippen LogP contribution in [0.3, 0.4) is 0 Å². The number of aliphatic hydroxyl groups is 1. The molecule has 2 aromatic rings. The number of Topliss-reactive ketones (excluding diaryl/α,β-unsaturated/α-hetero) is 1.